The number of amidine groups is 1. The molecule has 90 valence electrons. The lowest BCUT2D eigenvalue weighted by Gasteiger charge is -2.20. The van der Waals surface area contributed by atoms with E-state index in [0.717, 1.165) is 12.1 Å². The van der Waals surface area contributed by atoms with Gasteiger partial charge in [0.2, 0.25) is 0 Å². The van der Waals surface area contributed by atoms with Gasteiger partial charge in [0, 0.05) is 18.7 Å². The van der Waals surface area contributed by atoms with Crippen LogP contribution in [0.4, 0.5) is 0 Å². The van der Waals surface area contributed by atoms with Crippen LogP contribution in [0.3, 0.4) is 0 Å². The van der Waals surface area contributed by atoms with Crippen LogP contribution in [0.1, 0.15) is 5.56 Å². The minimum absolute atomic E-state index is 0.227. The maximum absolute atomic E-state index is 11.7. The molecule has 1 aromatic rings. The van der Waals surface area contributed by atoms with Crippen LogP contribution in [0.2, 0.25) is 0 Å². The Morgan fingerprint density at radius 1 is 1.41 bits per heavy atom. The van der Waals surface area contributed by atoms with E-state index in [4.69, 9.17) is 10.5 Å². The third kappa shape index (κ3) is 3.12. The minimum Gasteiger partial charge on any atom is -0.383 e. The number of rotatable bonds is 2. The molecule has 0 bridgehead atoms. The first-order chi connectivity index (χ1) is 8.27. The van der Waals surface area contributed by atoms with Gasteiger partial charge in [-0.1, -0.05) is 30.3 Å². The molecule has 3 N–H and O–H groups in total. The van der Waals surface area contributed by atoms with E-state index >= 15 is 0 Å². The molecular weight excluding hydrogens is 218 g/mol. The quantitative estimate of drug-likeness (QED) is 0.552. The highest BCUT2D eigenvalue weighted by Gasteiger charge is 2.21. The molecule has 2 rings (SSSR count). The first kappa shape index (κ1) is 11.8. The van der Waals surface area contributed by atoms with Gasteiger partial charge in [0.05, 0.1) is 6.61 Å². The van der Waals surface area contributed by atoms with Crippen LogP contribution >= 0.6 is 0 Å². The highest BCUT2D eigenvalue weighted by Crippen LogP contribution is 2.02. The zero-order valence-corrected chi connectivity index (χ0v) is 9.43. The average molecular weight is 233 g/mol. The molecule has 1 atom stereocenters. The second-order valence-electron chi connectivity index (χ2n) is 3.76. The monoisotopic (exact) mass is 233 g/mol. The Morgan fingerprint density at radius 3 is 2.82 bits per heavy atom. The van der Waals surface area contributed by atoms with Crippen LogP contribution in [-0.2, 0) is 9.53 Å². The average Bonchev–Trinajstić information content (AvgIpc) is 2.40. The third-order valence-electron chi connectivity index (χ3n) is 2.50. The van der Waals surface area contributed by atoms with E-state index in [1.165, 1.54) is 0 Å². The summed E-state index contributed by atoms with van der Waals surface area (Å²) in [6, 6.07) is 9.20. The summed E-state index contributed by atoms with van der Waals surface area (Å²) in [5.41, 5.74) is 6.50. The van der Waals surface area contributed by atoms with E-state index in [9.17, 15) is 4.79 Å². The van der Waals surface area contributed by atoms with E-state index in [1.807, 2.05) is 30.3 Å². The molecule has 1 aliphatic heterocycles. The molecule has 1 saturated heterocycles. The Morgan fingerprint density at radius 2 is 2.18 bits per heavy atom. The van der Waals surface area contributed by atoms with Gasteiger partial charge in [0.1, 0.15) is 5.84 Å². The number of nitrogens with two attached hydrogens (primary N) is 1. The summed E-state index contributed by atoms with van der Waals surface area (Å²) in [6.45, 7) is 1.78. The van der Waals surface area contributed by atoms with Gasteiger partial charge in [-0.05, 0) is 0 Å². The smallest absolute Gasteiger partial charge is 0.278 e. The van der Waals surface area contributed by atoms with E-state index in [1.54, 1.807) is 0 Å². The summed E-state index contributed by atoms with van der Waals surface area (Å²) in [6.07, 6.45) is -0.522. The van der Waals surface area contributed by atoms with Gasteiger partial charge in [0.15, 0.2) is 6.10 Å². The van der Waals surface area contributed by atoms with Crippen molar-refractivity contribution < 1.29 is 9.53 Å². The molecule has 0 aliphatic carbocycles. The SMILES string of the molecule is NC(=NC(=O)C1CNCCO1)c1ccccc1. The van der Waals surface area contributed by atoms with E-state index in [2.05, 4.69) is 10.3 Å². The molecular formula is C12H15N3O2. The van der Waals surface area contributed by atoms with Crippen LogP contribution in [0.5, 0.6) is 0 Å². The number of amides is 1. The summed E-state index contributed by atoms with van der Waals surface area (Å²) in [5, 5.41) is 3.07. The Kier molecular flexibility index (Phi) is 3.85. The van der Waals surface area contributed by atoms with Gasteiger partial charge >= 0.3 is 0 Å². The topological polar surface area (TPSA) is 76.7 Å². The predicted molar refractivity (Wildman–Crippen MR) is 64.8 cm³/mol. The molecule has 0 saturated carbocycles. The number of aliphatic imine (C=N–C) groups is 1. The maximum Gasteiger partial charge on any atom is 0.278 e. The number of nitrogens with zero attached hydrogens (tertiary/aromatic N) is 1. The fraction of sp³-hybridized carbons (Fsp3) is 0.333. The maximum atomic E-state index is 11.7. The number of nitrogens with one attached hydrogen (secondary N) is 1. The lowest BCUT2D eigenvalue weighted by atomic mass is 10.2. The minimum atomic E-state index is -0.522. The van der Waals surface area contributed by atoms with Crippen molar-refractivity contribution in [2.45, 2.75) is 6.10 Å². The van der Waals surface area contributed by atoms with Crippen molar-refractivity contribution in [3.63, 3.8) is 0 Å². The van der Waals surface area contributed by atoms with Crippen molar-refractivity contribution in [1.82, 2.24) is 5.32 Å². The van der Waals surface area contributed by atoms with Crippen molar-refractivity contribution in [3.8, 4) is 0 Å². The molecule has 1 aliphatic rings. The molecule has 1 aromatic carbocycles. The van der Waals surface area contributed by atoms with Crippen molar-refractivity contribution in [2.24, 2.45) is 10.7 Å². The second kappa shape index (κ2) is 5.56. The molecule has 1 heterocycles. The standard InChI is InChI=1S/C12H15N3O2/c13-11(9-4-2-1-3-5-9)15-12(16)10-8-14-6-7-17-10/h1-5,10,14H,6-8H2,(H2,13,15,16). The molecule has 5 heteroatoms. The van der Waals surface area contributed by atoms with Gasteiger partial charge in [-0.2, -0.15) is 4.99 Å². The van der Waals surface area contributed by atoms with Gasteiger partial charge in [-0.25, -0.2) is 0 Å². The number of ether oxygens (including phenoxy) is 1. The highest BCUT2D eigenvalue weighted by atomic mass is 16.5. The Bertz CT molecular complexity index is 411. The Hall–Kier alpha value is -1.72. The fourth-order valence-electron chi connectivity index (χ4n) is 1.59. The second-order valence-corrected chi connectivity index (χ2v) is 3.76. The van der Waals surface area contributed by atoms with E-state index < -0.39 is 6.10 Å². The number of morpholine rings is 1. The van der Waals surface area contributed by atoms with Gasteiger partial charge in [-0.3, -0.25) is 4.79 Å². The number of hydrogen-bond donors (Lipinski definition) is 2. The van der Waals surface area contributed by atoms with E-state index in [0.29, 0.717) is 13.2 Å². The summed E-state index contributed by atoms with van der Waals surface area (Å²) in [4.78, 5) is 15.6. The molecule has 17 heavy (non-hydrogen) atoms. The molecule has 1 amide bonds. The molecule has 5 nitrogen and oxygen atoms in total. The predicted octanol–water partition coefficient (Wildman–Crippen LogP) is -0.0931. The van der Waals surface area contributed by atoms with Crippen molar-refractivity contribution in [2.75, 3.05) is 19.7 Å². The van der Waals surface area contributed by atoms with Gasteiger partial charge in [0.25, 0.3) is 5.91 Å². The first-order valence-corrected chi connectivity index (χ1v) is 5.53. The van der Waals surface area contributed by atoms with Crippen LogP contribution in [0, 0.1) is 0 Å². The van der Waals surface area contributed by atoms with Gasteiger partial charge in [-0.15, -0.1) is 0 Å². The zero-order valence-electron chi connectivity index (χ0n) is 9.43. The normalized spacial score (nSPS) is 21.2. The van der Waals surface area contributed by atoms with Crippen LogP contribution in [0.25, 0.3) is 0 Å². The lowest BCUT2D eigenvalue weighted by Crippen LogP contribution is -2.43. The van der Waals surface area contributed by atoms with Crippen molar-refractivity contribution in [3.05, 3.63) is 35.9 Å². The fourth-order valence-corrected chi connectivity index (χ4v) is 1.59. The summed E-state index contributed by atoms with van der Waals surface area (Å²) < 4.78 is 5.30. The Labute approximate surface area is 99.7 Å². The summed E-state index contributed by atoms with van der Waals surface area (Å²) in [5.74, 6) is -0.108. The summed E-state index contributed by atoms with van der Waals surface area (Å²) in [7, 11) is 0. The summed E-state index contributed by atoms with van der Waals surface area (Å²) >= 11 is 0. The number of benzene rings is 1. The molecule has 0 aromatic heterocycles. The zero-order chi connectivity index (χ0) is 12.1. The van der Waals surface area contributed by atoms with Crippen LogP contribution in [0.15, 0.2) is 35.3 Å². The first-order valence-electron chi connectivity index (χ1n) is 5.53. The van der Waals surface area contributed by atoms with Crippen molar-refractivity contribution in [1.29, 1.82) is 0 Å². The van der Waals surface area contributed by atoms with E-state index in [-0.39, 0.29) is 11.7 Å². The molecule has 0 spiro atoms. The third-order valence-corrected chi connectivity index (χ3v) is 2.50. The number of carbonyl (C=O) groups is 1. The largest absolute Gasteiger partial charge is 0.383 e. The lowest BCUT2D eigenvalue weighted by molar-refractivity contribution is -0.130. The molecule has 1 fully saturated rings. The van der Waals surface area contributed by atoms with Crippen LogP contribution in [-0.4, -0.2) is 37.5 Å². The molecule has 1 unspecified atom stereocenters. The Balaban J connectivity index is 2.05. The van der Waals surface area contributed by atoms with Crippen molar-refractivity contribution >= 4 is 11.7 Å². The number of carbonyl (C=O) groups excluding carboxylic acids is 1. The van der Waals surface area contributed by atoms with Gasteiger partial charge < -0.3 is 15.8 Å². The van der Waals surface area contributed by atoms with Crippen LogP contribution < -0.4 is 11.1 Å². The number of hydrogen-bond acceptors (Lipinski definition) is 3. The molecule has 0 radical (unpaired) electrons. The highest BCUT2D eigenvalue weighted by molar-refractivity contribution is 6.04.